The lowest BCUT2D eigenvalue weighted by atomic mass is 9.94. The Bertz CT molecular complexity index is 545. The Labute approximate surface area is 127 Å². The molecule has 8 heteroatoms. The summed E-state index contributed by atoms with van der Waals surface area (Å²) in [7, 11) is 0. The number of aliphatic carboxylic acids is 1. The second-order valence-electron chi connectivity index (χ2n) is 4.57. The van der Waals surface area contributed by atoms with Crippen molar-refractivity contribution in [2.75, 3.05) is 13.2 Å². The number of ether oxygens (including phenoxy) is 2. The molecule has 0 spiro atoms. The van der Waals surface area contributed by atoms with Crippen LogP contribution < -0.4 is 9.47 Å². The van der Waals surface area contributed by atoms with Crippen molar-refractivity contribution >= 4 is 21.9 Å². The monoisotopic (exact) mass is 368 g/mol. The molecule has 0 aliphatic carbocycles. The van der Waals surface area contributed by atoms with Gasteiger partial charge in [0.2, 0.25) is 0 Å². The van der Waals surface area contributed by atoms with Crippen LogP contribution in [0.2, 0.25) is 0 Å². The molecule has 0 amide bonds. The van der Waals surface area contributed by atoms with Crippen LogP contribution in [0, 0.1) is 0 Å². The Balaban J connectivity index is 2.44. The molecule has 1 aliphatic heterocycles. The summed E-state index contributed by atoms with van der Waals surface area (Å²) in [5.74, 6) is -3.08. The predicted octanol–water partition coefficient (Wildman–Crippen LogP) is 3.73. The SMILES string of the molecule is O=C(O)CC(c1cc(Br)c2c(c1)OCCCO2)C(F)(F)F. The van der Waals surface area contributed by atoms with Gasteiger partial charge in [0, 0.05) is 6.42 Å². The zero-order valence-corrected chi connectivity index (χ0v) is 12.3. The van der Waals surface area contributed by atoms with Gasteiger partial charge >= 0.3 is 12.1 Å². The van der Waals surface area contributed by atoms with E-state index in [1.807, 2.05) is 0 Å². The lowest BCUT2D eigenvalue weighted by Gasteiger charge is -2.21. The maximum absolute atomic E-state index is 13.1. The van der Waals surface area contributed by atoms with Gasteiger partial charge in [0.25, 0.3) is 0 Å². The molecule has 1 unspecified atom stereocenters. The van der Waals surface area contributed by atoms with Gasteiger partial charge < -0.3 is 14.6 Å². The number of carboxylic acids is 1. The van der Waals surface area contributed by atoms with Crippen LogP contribution in [-0.4, -0.2) is 30.5 Å². The van der Waals surface area contributed by atoms with E-state index in [0.29, 0.717) is 29.9 Å². The zero-order valence-electron chi connectivity index (χ0n) is 10.7. The zero-order chi connectivity index (χ0) is 15.6. The summed E-state index contributed by atoms with van der Waals surface area (Å²) in [5.41, 5.74) is -0.166. The van der Waals surface area contributed by atoms with Crippen molar-refractivity contribution in [3.63, 3.8) is 0 Å². The molecule has 0 aromatic heterocycles. The van der Waals surface area contributed by atoms with Crippen LogP contribution in [0.15, 0.2) is 16.6 Å². The van der Waals surface area contributed by atoms with Crippen LogP contribution in [0.3, 0.4) is 0 Å². The molecule has 4 nitrogen and oxygen atoms in total. The van der Waals surface area contributed by atoms with Crippen LogP contribution in [0.1, 0.15) is 24.3 Å². The Hall–Kier alpha value is -1.44. The van der Waals surface area contributed by atoms with Crippen LogP contribution in [0.5, 0.6) is 11.5 Å². The smallest absolute Gasteiger partial charge is 0.396 e. The summed E-state index contributed by atoms with van der Waals surface area (Å²) in [6.07, 6.45) is -5.07. The van der Waals surface area contributed by atoms with Crippen LogP contribution in [-0.2, 0) is 4.79 Å². The first kappa shape index (κ1) is 15.9. The van der Waals surface area contributed by atoms with Crippen LogP contribution >= 0.6 is 15.9 Å². The van der Waals surface area contributed by atoms with Crippen molar-refractivity contribution < 1.29 is 32.5 Å². The van der Waals surface area contributed by atoms with Crippen molar-refractivity contribution in [3.8, 4) is 11.5 Å². The third kappa shape index (κ3) is 3.81. The molecule has 2 rings (SSSR count). The fourth-order valence-electron chi connectivity index (χ4n) is 2.05. The minimum Gasteiger partial charge on any atom is -0.490 e. The highest BCUT2D eigenvalue weighted by atomic mass is 79.9. The number of carboxylic acid groups (broad SMARTS) is 1. The highest BCUT2D eigenvalue weighted by Gasteiger charge is 2.42. The summed E-state index contributed by atoms with van der Waals surface area (Å²) in [4.78, 5) is 10.7. The first-order valence-corrected chi connectivity index (χ1v) is 6.96. The lowest BCUT2D eigenvalue weighted by molar-refractivity contribution is -0.163. The number of rotatable bonds is 3. The van der Waals surface area contributed by atoms with E-state index in [-0.39, 0.29) is 11.3 Å². The fourth-order valence-corrected chi connectivity index (χ4v) is 2.62. The number of fused-ring (bicyclic) bond motifs is 1. The van der Waals surface area contributed by atoms with Gasteiger partial charge in [-0.15, -0.1) is 0 Å². The van der Waals surface area contributed by atoms with Crippen molar-refractivity contribution in [2.45, 2.75) is 24.9 Å². The first-order chi connectivity index (χ1) is 9.79. The van der Waals surface area contributed by atoms with E-state index in [1.54, 1.807) is 0 Å². The van der Waals surface area contributed by atoms with Crippen molar-refractivity contribution in [1.82, 2.24) is 0 Å². The second kappa shape index (κ2) is 6.13. The summed E-state index contributed by atoms with van der Waals surface area (Å²) < 4.78 is 50.3. The van der Waals surface area contributed by atoms with E-state index in [1.165, 1.54) is 12.1 Å². The predicted molar refractivity (Wildman–Crippen MR) is 70.8 cm³/mol. The van der Waals surface area contributed by atoms with E-state index in [9.17, 15) is 18.0 Å². The molecular formula is C13H12BrF3O4. The number of halogens is 4. The summed E-state index contributed by atoms with van der Waals surface area (Å²) >= 11 is 3.15. The van der Waals surface area contributed by atoms with Gasteiger partial charge in [-0.1, -0.05) is 0 Å². The quantitative estimate of drug-likeness (QED) is 0.882. The minimum atomic E-state index is -4.66. The number of hydrogen-bond donors (Lipinski definition) is 1. The van der Waals surface area contributed by atoms with Gasteiger partial charge in [0.15, 0.2) is 11.5 Å². The molecule has 0 saturated carbocycles. The van der Waals surface area contributed by atoms with E-state index in [0.717, 1.165) is 0 Å². The minimum absolute atomic E-state index is 0.166. The molecule has 1 aromatic rings. The van der Waals surface area contributed by atoms with E-state index >= 15 is 0 Å². The maximum Gasteiger partial charge on any atom is 0.396 e. The molecule has 0 saturated heterocycles. The average Bonchev–Trinajstić information content (AvgIpc) is 2.59. The Morgan fingerprint density at radius 3 is 2.62 bits per heavy atom. The molecule has 1 aromatic carbocycles. The molecule has 116 valence electrons. The number of benzene rings is 1. The molecule has 1 aliphatic rings. The maximum atomic E-state index is 13.1. The van der Waals surface area contributed by atoms with Crippen molar-refractivity contribution in [3.05, 3.63) is 22.2 Å². The molecule has 21 heavy (non-hydrogen) atoms. The number of hydrogen-bond acceptors (Lipinski definition) is 3. The molecule has 0 bridgehead atoms. The van der Waals surface area contributed by atoms with E-state index < -0.39 is 24.5 Å². The number of alkyl halides is 3. The highest BCUT2D eigenvalue weighted by Crippen LogP contribution is 2.44. The normalized spacial score (nSPS) is 16.2. The standard InChI is InChI=1S/C13H12BrF3O4/c14-9-4-7(8(6-11(18)19)13(15,16)17)5-10-12(9)21-3-1-2-20-10/h4-5,8H,1-3,6H2,(H,18,19). The summed E-state index contributed by atoms with van der Waals surface area (Å²) in [6, 6.07) is 2.43. The molecule has 1 heterocycles. The molecular weight excluding hydrogens is 357 g/mol. The van der Waals surface area contributed by atoms with Gasteiger partial charge in [-0.3, -0.25) is 4.79 Å². The molecule has 0 fully saturated rings. The van der Waals surface area contributed by atoms with Gasteiger partial charge in [-0.25, -0.2) is 0 Å². The summed E-state index contributed by atoms with van der Waals surface area (Å²) in [5, 5.41) is 8.69. The van der Waals surface area contributed by atoms with Crippen molar-refractivity contribution in [2.24, 2.45) is 0 Å². The fraction of sp³-hybridized carbons (Fsp3) is 0.462. The Morgan fingerprint density at radius 1 is 1.33 bits per heavy atom. The molecule has 1 atom stereocenters. The lowest BCUT2D eigenvalue weighted by Crippen LogP contribution is -2.23. The Kier molecular flexibility index (Phi) is 4.65. The topological polar surface area (TPSA) is 55.8 Å². The van der Waals surface area contributed by atoms with E-state index in [4.69, 9.17) is 14.6 Å². The van der Waals surface area contributed by atoms with Gasteiger partial charge in [0.05, 0.1) is 30.0 Å². The summed E-state index contributed by atoms with van der Waals surface area (Å²) in [6.45, 7) is 0.737. The molecule has 1 N–H and O–H groups in total. The van der Waals surface area contributed by atoms with Gasteiger partial charge in [0.1, 0.15) is 0 Å². The van der Waals surface area contributed by atoms with E-state index in [2.05, 4.69) is 15.9 Å². The van der Waals surface area contributed by atoms with Crippen molar-refractivity contribution in [1.29, 1.82) is 0 Å². The third-order valence-electron chi connectivity index (χ3n) is 3.00. The van der Waals surface area contributed by atoms with Gasteiger partial charge in [-0.2, -0.15) is 13.2 Å². The van der Waals surface area contributed by atoms with Crippen LogP contribution in [0.25, 0.3) is 0 Å². The third-order valence-corrected chi connectivity index (χ3v) is 3.59. The second-order valence-corrected chi connectivity index (χ2v) is 5.43. The number of carbonyl (C=O) groups is 1. The van der Waals surface area contributed by atoms with Gasteiger partial charge in [-0.05, 0) is 33.6 Å². The first-order valence-electron chi connectivity index (χ1n) is 6.16. The largest absolute Gasteiger partial charge is 0.490 e. The molecule has 0 radical (unpaired) electrons. The average molecular weight is 369 g/mol. The van der Waals surface area contributed by atoms with Crippen LogP contribution in [0.4, 0.5) is 13.2 Å². The highest BCUT2D eigenvalue weighted by molar-refractivity contribution is 9.10. The Morgan fingerprint density at radius 2 is 2.00 bits per heavy atom.